The van der Waals surface area contributed by atoms with Crippen molar-refractivity contribution in [3.05, 3.63) is 35.9 Å². The SMILES string of the molecule is CCc1nc2ccccc2n1-c1nc(N2CCOCC2)c2nc(C3CCN(C(C)(C)C#N)CC3)n(C)c2n1. The molecule has 5 heterocycles. The molecule has 0 unspecified atom stereocenters. The Hall–Kier alpha value is -3.55. The van der Waals surface area contributed by atoms with Gasteiger partial charge >= 0.3 is 0 Å². The second kappa shape index (κ2) is 9.64. The molecule has 2 aliphatic rings. The van der Waals surface area contributed by atoms with Gasteiger partial charge in [-0.05, 0) is 38.8 Å². The Morgan fingerprint density at radius 1 is 1.03 bits per heavy atom. The van der Waals surface area contributed by atoms with Crippen LogP contribution < -0.4 is 4.90 Å². The Bertz CT molecular complexity index is 1510. The standard InChI is InChI=1S/C28H35N9O/c1-5-22-30-20-8-6-7-9-21(20)37(22)27-32-25-23(26(33-27)35-14-16-38-17-15-35)31-24(34(25)4)19-10-12-36(13-11-19)28(2,3)18-29/h6-9,19H,5,10-17H2,1-4H3. The number of likely N-dealkylation sites (tertiary alicyclic amines) is 1. The van der Waals surface area contributed by atoms with E-state index in [0.29, 0.717) is 25.1 Å². The predicted molar refractivity (Wildman–Crippen MR) is 147 cm³/mol. The second-order valence-electron chi connectivity index (χ2n) is 10.8. The summed E-state index contributed by atoms with van der Waals surface area (Å²) in [5.74, 6) is 3.78. The van der Waals surface area contributed by atoms with Gasteiger partial charge in [0.1, 0.15) is 17.2 Å². The van der Waals surface area contributed by atoms with E-state index in [1.54, 1.807) is 0 Å². The van der Waals surface area contributed by atoms with Gasteiger partial charge in [0.15, 0.2) is 17.0 Å². The summed E-state index contributed by atoms with van der Waals surface area (Å²) in [6.45, 7) is 10.7. The van der Waals surface area contributed by atoms with Gasteiger partial charge in [-0.25, -0.2) is 9.97 Å². The van der Waals surface area contributed by atoms with Crippen molar-refractivity contribution in [1.29, 1.82) is 5.26 Å². The van der Waals surface area contributed by atoms with Gasteiger partial charge in [0.05, 0.1) is 30.3 Å². The highest BCUT2D eigenvalue weighted by Crippen LogP contribution is 2.34. The van der Waals surface area contributed by atoms with Gasteiger partial charge in [-0.1, -0.05) is 19.1 Å². The van der Waals surface area contributed by atoms with Crippen LogP contribution in [0.1, 0.15) is 51.2 Å². The number of imidazole rings is 2. The van der Waals surface area contributed by atoms with Crippen molar-refractivity contribution in [2.75, 3.05) is 44.3 Å². The van der Waals surface area contributed by atoms with Gasteiger partial charge in [-0.3, -0.25) is 9.47 Å². The average molecular weight is 514 g/mol. The van der Waals surface area contributed by atoms with Gasteiger partial charge in [0, 0.05) is 45.6 Å². The van der Waals surface area contributed by atoms with E-state index >= 15 is 0 Å². The summed E-state index contributed by atoms with van der Waals surface area (Å²) in [6.07, 6.45) is 2.69. The summed E-state index contributed by atoms with van der Waals surface area (Å²) < 4.78 is 9.90. The summed E-state index contributed by atoms with van der Waals surface area (Å²) in [7, 11) is 2.07. The molecular formula is C28H35N9O. The Labute approximate surface area is 222 Å². The zero-order valence-corrected chi connectivity index (χ0v) is 22.7. The zero-order valence-electron chi connectivity index (χ0n) is 22.7. The largest absolute Gasteiger partial charge is 0.378 e. The summed E-state index contributed by atoms with van der Waals surface area (Å²) in [4.78, 5) is 24.9. The van der Waals surface area contributed by atoms with Crippen molar-refractivity contribution in [3.8, 4) is 12.0 Å². The minimum Gasteiger partial charge on any atom is -0.378 e. The number of nitriles is 1. The zero-order chi connectivity index (χ0) is 26.4. The van der Waals surface area contributed by atoms with Crippen LogP contribution >= 0.6 is 0 Å². The van der Waals surface area contributed by atoms with E-state index in [1.807, 2.05) is 32.0 Å². The number of fused-ring (bicyclic) bond motifs is 2. The topological polar surface area (TPSA) is 101 Å². The van der Waals surface area contributed by atoms with Gasteiger partial charge in [-0.2, -0.15) is 15.2 Å². The summed E-state index contributed by atoms with van der Waals surface area (Å²) >= 11 is 0. The van der Waals surface area contributed by atoms with Gasteiger partial charge in [0.2, 0.25) is 5.95 Å². The molecule has 0 saturated carbocycles. The second-order valence-corrected chi connectivity index (χ2v) is 10.8. The van der Waals surface area contributed by atoms with Crippen LogP contribution in [0.3, 0.4) is 0 Å². The fraction of sp³-hybridized carbons (Fsp3) is 0.536. The minimum absolute atomic E-state index is 0.307. The van der Waals surface area contributed by atoms with Crippen LogP contribution in [-0.2, 0) is 18.2 Å². The molecule has 10 nitrogen and oxygen atoms in total. The Balaban J connectivity index is 1.47. The minimum atomic E-state index is -0.453. The average Bonchev–Trinajstić information content (AvgIpc) is 3.50. The number of nitrogens with zero attached hydrogens (tertiary/aromatic N) is 9. The molecule has 198 valence electrons. The number of hydrogen-bond donors (Lipinski definition) is 0. The fourth-order valence-corrected chi connectivity index (χ4v) is 5.82. The molecule has 3 aromatic heterocycles. The van der Waals surface area contributed by atoms with Crippen LogP contribution in [-0.4, -0.2) is 78.9 Å². The third-order valence-electron chi connectivity index (χ3n) is 8.10. The van der Waals surface area contributed by atoms with Crippen LogP contribution in [0.5, 0.6) is 0 Å². The first-order valence-corrected chi connectivity index (χ1v) is 13.6. The lowest BCUT2D eigenvalue weighted by Gasteiger charge is -2.38. The molecule has 0 amide bonds. The lowest BCUT2D eigenvalue weighted by atomic mass is 9.92. The molecule has 0 radical (unpaired) electrons. The van der Waals surface area contributed by atoms with Crippen molar-refractivity contribution in [2.45, 2.75) is 51.5 Å². The molecule has 10 heteroatoms. The Kier molecular flexibility index (Phi) is 6.28. The normalized spacial score (nSPS) is 17.9. The van der Waals surface area contributed by atoms with Crippen LogP contribution in [0.2, 0.25) is 0 Å². The maximum absolute atomic E-state index is 9.59. The first-order chi connectivity index (χ1) is 18.4. The van der Waals surface area contributed by atoms with Crippen molar-refractivity contribution >= 4 is 28.0 Å². The molecule has 0 atom stereocenters. The third-order valence-corrected chi connectivity index (χ3v) is 8.10. The number of morpholine rings is 1. The molecule has 0 aliphatic carbocycles. The quantitative estimate of drug-likeness (QED) is 0.399. The highest BCUT2D eigenvalue weighted by molar-refractivity contribution is 5.86. The molecular weight excluding hydrogens is 478 g/mol. The third kappa shape index (κ3) is 4.10. The van der Waals surface area contributed by atoms with Gasteiger partial charge in [0.25, 0.3) is 0 Å². The van der Waals surface area contributed by atoms with E-state index < -0.39 is 5.54 Å². The number of ether oxygens (including phenoxy) is 1. The van der Waals surface area contributed by atoms with E-state index in [1.165, 1.54) is 0 Å². The number of piperidine rings is 1. The molecule has 6 rings (SSSR count). The number of para-hydroxylation sites is 2. The van der Waals surface area contributed by atoms with E-state index in [9.17, 15) is 5.26 Å². The Morgan fingerprint density at radius 3 is 2.47 bits per heavy atom. The highest BCUT2D eigenvalue weighted by atomic mass is 16.5. The van der Waals surface area contributed by atoms with Gasteiger partial charge < -0.3 is 14.2 Å². The summed E-state index contributed by atoms with van der Waals surface area (Å²) in [5.41, 5.74) is 3.18. The van der Waals surface area contributed by atoms with Crippen molar-refractivity contribution in [2.24, 2.45) is 7.05 Å². The molecule has 1 aromatic carbocycles. The fourth-order valence-electron chi connectivity index (χ4n) is 5.82. The summed E-state index contributed by atoms with van der Waals surface area (Å²) in [6, 6.07) is 10.6. The monoisotopic (exact) mass is 513 g/mol. The molecule has 38 heavy (non-hydrogen) atoms. The van der Waals surface area contributed by atoms with Gasteiger partial charge in [-0.15, -0.1) is 0 Å². The van der Waals surface area contributed by atoms with Crippen LogP contribution in [0.25, 0.3) is 28.1 Å². The number of aryl methyl sites for hydroxylation is 2. The number of benzene rings is 1. The number of rotatable bonds is 5. The lowest BCUT2D eigenvalue weighted by molar-refractivity contribution is 0.122. The van der Waals surface area contributed by atoms with E-state index in [2.05, 4.69) is 45.0 Å². The highest BCUT2D eigenvalue weighted by Gasteiger charge is 2.33. The van der Waals surface area contributed by atoms with Crippen LogP contribution in [0.15, 0.2) is 24.3 Å². The smallest absolute Gasteiger partial charge is 0.239 e. The maximum atomic E-state index is 9.59. The van der Waals surface area contributed by atoms with Crippen LogP contribution in [0.4, 0.5) is 5.82 Å². The van der Waals surface area contributed by atoms with E-state index in [4.69, 9.17) is 24.7 Å². The number of anilines is 1. The molecule has 4 aromatic rings. The maximum Gasteiger partial charge on any atom is 0.239 e. The first-order valence-electron chi connectivity index (χ1n) is 13.6. The molecule has 0 N–H and O–H groups in total. The first kappa shape index (κ1) is 24.8. The van der Waals surface area contributed by atoms with E-state index in [0.717, 1.165) is 85.1 Å². The predicted octanol–water partition coefficient (Wildman–Crippen LogP) is 3.58. The van der Waals surface area contributed by atoms with E-state index in [-0.39, 0.29) is 0 Å². The summed E-state index contributed by atoms with van der Waals surface area (Å²) in [5, 5.41) is 9.59. The van der Waals surface area contributed by atoms with Crippen molar-refractivity contribution in [3.63, 3.8) is 0 Å². The lowest BCUT2D eigenvalue weighted by Crippen LogP contribution is -2.47. The molecule has 2 fully saturated rings. The van der Waals surface area contributed by atoms with Crippen molar-refractivity contribution in [1.82, 2.24) is 34.0 Å². The number of aromatic nitrogens is 6. The number of hydrogen-bond acceptors (Lipinski definition) is 8. The molecule has 2 aliphatic heterocycles. The Morgan fingerprint density at radius 2 is 1.76 bits per heavy atom. The molecule has 0 bridgehead atoms. The molecule has 2 saturated heterocycles. The van der Waals surface area contributed by atoms with Crippen molar-refractivity contribution < 1.29 is 4.74 Å². The van der Waals surface area contributed by atoms with Crippen LogP contribution in [0, 0.1) is 11.3 Å². The molecule has 0 spiro atoms.